The number of aryl methyl sites for hydroxylation is 1. The number of halogens is 1. The summed E-state index contributed by atoms with van der Waals surface area (Å²) in [5.74, 6) is 0.325. The molecule has 0 aliphatic rings. The summed E-state index contributed by atoms with van der Waals surface area (Å²) in [7, 11) is -0.810. The van der Waals surface area contributed by atoms with Crippen molar-refractivity contribution in [2.24, 2.45) is 7.05 Å². The van der Waals surface area contributed by atoms with Crippen molar-refractivity contribution in [2.45, 2.75) is 5.03 Å². The van der Waals surface area contributed by atoms with Crippen LogP contribution in [0.15, 0.2) is 34.0 Å². The highest BCUT2D eigenvalue weighted by atomic mass is 79.9. The van der Waals surface area contributed by atoms with Crippen LogP contribution >= 0.6 is 15.9 Å². The van der Waals surface area contributed by atoms with E-state index >= 15 is 0 Å². The first-order valence-corrected chi connectivity index (χ1v) is 7.13. The second kappa shape index (κ2) is 4.65. The van der Waals surface area contributed by atoms with Crippen LogP contribution in [0.2, 0.25) is 0 Å². The second-order valence-corrected chi connectivity index (χ2v) is 6.11. The fourth-order valence-corrected chi connectivity index (χ4v) is 3.57. The number of anilines is 1. The SMILES string of the molecule is CN(c1ccccn1)S(=O)(=O)c1c(Br)nnn1C. The topological polar surface area (TPSA) is 81.0 Å². The van der Waals surface area contributed by atoms with Crippen LogP contribution in [0.1, 0.15) is 0 Å². The zero-order chi connectivity index (χ0) is 13.3. The van der Waals surface area contributed by atoms with Gasteiger partial charge >= 0.3 is 0 Å². The summed E-state index contributed by atoms with van der Waals surface area (Å²) in [5.41, 5.74) is 0. The number of sulfonamides is 1. The van der Waals surface area contributed by atoms with Gasteiger partial charge in [0.1, 0.15) is 5.82 Å². The van der Waals surface area contributed by atoms with E-state index in [9.17, 15) is 8.42 Å². The van der Waals surface area contributed by atoms with E-state index in [1.165, 1.54) is 25.0 Å². The average Bonchev–Trinajstić information content (AvgIpc) is 2.69. The maximum atomic E-state index is 12.4. The third-order valence-corrected chi connectivity index (χ3v) is 4.96. The maximum Gasteiger partial charge on any atom is 0.285 e. The Morgan fingerprint density at radius 3 is 2.61 bits per heavy atom. The molecular formula is C9H10BrN5O2S. The van der Waals surface area contributed by atoms with Crippen LogP contribution in [-0.4, -0.2) is 35.4 Å². The molecule has 18 heavy (non-hydrogen) atoms. The van der Waals surface area contributed by atoms with Crippen molar-refractivity contribution in [1.82, 2.24) is 20.0 Å². The molecule has 0 aliphatic heterocycles. The molecule has 0 aliphatic carbocycles. The minimum Gasteiger partial charge on any atom is -0.252 e. The maximum absolute atomic E-state index is 12.4. The van der Waals surface area contributed by atoms with E-state index in [-0.39, 0.29) is 9.63 Å². The van der Waals surface area contributed by atoms with Gasteiger partial charge in [-0.3, -0.25) is 4.31 Å². The van der Waals surface area contributed by atoms with Gasteiger partial charge in [-0.15, -0.1) is 5.10 Å². The molecule has 96 valence electrons. The molecule has 0 aromatic carbocycles. The molecule has 0 N–H and O–H groups in total. The van der Waals surface area contributed by atoms with Crippen molar-refractivity contribution in [3.63, 3.8) is 0 Å². The number of rotatable bonds is 3. The van der Waals surface area contributed by atoms with Crippen molar-refractivity contribution >= 4 is 31.8 Å². The highest BCUT2D eigenvalue weighted by Gasteiger charge is 2.29. The van der Waals surface area contributed by atoms with E-state index in [1.807, 2.05) is 0 Å². The molecule has 2 rings (SSSR count). The van der Waals surface area contributed by atoms with Crippen molar-refractivity contribution in [1.29, 1.82) is 0 Å². The zero-order valence-corrected chi connectivity index (χ0v) is 12.1. The third-order valence-electron chi connectivity index (χ3n) is 2.31. The Kier molecular flexibility index (Phi) is 3.35. The Hall–Kier alpha value is -1.48. The van der Waals surface area contributed by atoms with Gasteiger partial charge in [0.05, 0.1) is 0 Å². The largest absolute Gasteiger partial charge is 0.285 e. The lowest BCUT2D eigenvalue weighted by molar-refractivity contribution is 0.572. The molecule has 0 bridgehead atoms. The Labute approximate surface area is 113 Å². The van der Waals surface area contributed by atoms with Gasteiger partial charge in [-0.25, -0.2) is 9.67 Å². The van der Waals surface area contributed by atoms with Gasteiger partial charge in [0.2, 0.25) is 5.03 Å². The molecule has 0 saturated carbocycles. The summed E-state index contributed by atoms with van der Waals surface area (Å²) in [4.78, 5) is 4.00. The third kappa shape index (κ3) is 2.10. The van der Waals surface area contributed by atoms with Crippen LogP contribution in [0.5, 0.6) is 0 Å². The van der Waals surface area contributed by atoms with Gasteiger partial charge in [-0.05, 0) is 28.1 Å². The van der Waals surface area contributed by atoms with Gasteiger partial charge < -0.3 is 0 Å². The fraction of sp³-hybridized carbons (Fsp3) is 0.222. The summed E-state index contributed by atoms with van der Waals surface area (Å²) in [5, 5.41) is 7.30. The number of pyridine rings is 1. The van der Waals surface area contributed by atoms with Crippen molar-refractivity contribution in [3.05, 3.63) is 29.0 Å². The average molecular weight is 332 g/mol. The van der Waals surface area contributed by atoms with Gasteiger partial charge in [-0.1, -0.05) is 11.3 Å². The first-order chi connectivity index (χ1) is 8.44. The van der Waals surface area contributed by atoms with E-state index in [1.54, 1.807) is 18.2 Å². The molecule has 2 aromatic heterocycles. The number of hydrogen-bond donors (Lipinski definition) is 0. The van der Waals surface area contributed by atoms with E-state index in [0.29, 0.717) is 5.82 Å². The Morgan fingerprint density at radius 1 is 1.39 bits per heavy atom. The van der Waals surface area contributed by atoms with E-state index in [2.05, 4.69) is 31.2 Å². The van der Waals surface area contributed by atoms with E-state index in [0.717, 1.165) is 4.31 Å². The number of hydrogen-bond acceptors (Lipinski definition) is 5. The Bertz CT molecular complexity index is 635. The number of aromatic nitrogens is 4. The highest BCUT2D eigenvalue weighted by molar-refractivity contribution is 9.10. The van der Waals surface area contributed by atoms with Crippen molar-refractivity contribution in [2.75, 3.05) is 11.4 Å². The van der Waals surface area contributed by atoms with Crippen LogP contribution < -0.4 is 4.31 Å². The molecular weight excluding hydrogens is 322 g/mol. The normalized spacial score (nSPS) is 11.5. The molecule has 0 spiro atoms. The van der Waals surface area contributed by atoms with Gasteiger partial charge in [0.15, 0.2) is 4.60 Å². The van der Waals surface area contributed by atoms with E-state index < -0.39 is 10.0 Å². The monoisotopic (exact) mass is 331 g/mol. The standard InChI is InChI=1S/C9H10BrN5O2S/c1-14-9(8(10)12-13-14)18(16,17)15(2)7-5-3-4-6-11-7/h3-6H,1-2H3. The summed E-state index contributed by atoms with van der Waals surface area (Å²) in [6.07, 6.45) is 1.53. The molecule has 9 heteroatoms. The first-order valence-electron chi connectivity index (χ1n) is 4.89. The number of nitrogens with zero attached hydrogens (tertiary/aromatic N) is 5. The molecule has 2 aromatic rings. The minimum atomic E-state index is -3.75. The van der Waals surface area contributed by atoms with Crippen molar-refractivity contribution < 1.29 is 8.42 Å². The van der Waals surface area contributed by atoms with Crippen molar-refractivity contribution in [3.8, 4) is 0 Å². The summed E-state index contributed by atoms with van der Waals surface area (Å²) >= 11 is 3.07. The highest BCUT2D eigenvalue weighted by Crippen LogP contribution is 2.24. The fourth-order valence-electron chi connectivity index (χ4n) is 1.39. The predicted octanol–water partition coefficient (Wildman–Crippen LogP) is 0.798. The zero-order valence-electron chi connectivity index (χ0n) is 9.65. The van der Waals surface area contributed by atoms with E-state index in [4.69, 9.17) is 0 Å². The van der Waals surface area contributed by atoms with Crippen LogP contribution in [0.3, 0.4) is 0 Å². The lowest BCUT2D eigenvalue weighted by Crippen LogP contribution is -2.29. The van der Waals surface area contributed by atoms with Crippen LogP contribution in [0.4, 0.5) is 5.82 Å². The van der Waals surface area contributed by atoms with Crippen LogP contribution in [0, 0.1) is 0 Å². The lowest BCUT2D eigenvalue weighted by atomic mass is 10.5. The molecule has 0 saturated heterocycles. The Balaban J connectivity index is 2.51. The Morgan fingerprint density at radius 2 is 2.11 bits per heavy atom. The van der Waals surface area contributed by atoms with Gasteiger partial charge in [-0.2, -0.15) is 8.42 Å². The minimum absolute atomic E-state index is 0.0179. The molecule has 2 heterocycles. The molecule has 0 radical (unpaired) electrons. The second-order valence-electron chi connectivity index (χ2n) is 3.47. The molecule has 7 nitrogen and oxygen atoms in total. The molecule has 0 fully saturated rings. The van der Waals surface area contributed by atoms with Crippen LogP contribution in [-0.2, 0) is 17.1 Å². The summed E-state index contributed by atoms with van der Waals surface area (Å²) in [6.45, 7) is 0. The molecule has 0 atom stereocenters. The lowest BCUT2D eigenvalue weighted by Gasteiger charge is -2.17. The van der Waals surface area contributed by atoms with Gasteiger partial charge in [0, 0.05) is 20.3 Å². The van der Waals surface area contributed by atoms with Gasteiger partial charge in [0.25, 0.3) is 10.0 Å². The summed E-state index contributed by atoms with van der Waals surface area (Å²) in [6, 6.07) is 5.03. The molecule has 0 unspecified atom stereocenters. The quantitative estimate of drug-likeness (QED) is 0.830. The first kappa shape index (κ1) is 13.0. The predicted molar refractivity (Wildman–Crippen MR) is 68.5 cm³/mol. The molecule has 0 amide bonds. The summed E-state index contributed by atoms with van der Waals surface area (Å²) < 4.78 is 27.2. The van der Waals surface area contributed by atoms with Crippen LogP contribution in [0.25, 0.3) is 0 Å². The smallest absolute Gasteiger partial charge is 0.252 e.